The zero-order chi connectivity index (χ0) is 18.1. The van der Waals surface area contributed by atoms with Crippen LogP contribution < -0.4 is 5.32 Å². The first-order valence-electron chi connectivity index (χ1n) is 9.94. The summed E-state index contributed by atoms with van der Waals surface area (Å²) in [7, 11) is 1.91. The summed E-state index contributed by atoms with van der Waals surface area (Å²) in [5.41, 5.74) is 3.03. The van der Waals surface area contributed by atoms with Crippen molar-refractivity contribution in [3.8, 4) is 0 Å². The van der Waals surface area contributed by atoms with Crippen molar-refractivity contribution in [2.24, 2.45) is 16.3 Å². The fraction of sp³-hybridized carbons (Fsp3) is 0.591. The molecule has 1 aliphatic carbocycles. The molecular formula is C22H32IN3O. The van der Waals surface area contributed by atoms with Crippen molar-refractivity contribution < 1.29 is 4.74 Å². The molecule has 3 unspecified atom stereocenters. The fourth-order valence-electron chi connectivity index (χ4n) is 4.99. The number of benzene rings is 1. The highest BCUT2D eigenvalue weighted by Crippen LogP contribution is 2.52. The first-order valence-corrected chi connectivity index (χ1v) is 9.94. The van der Waals surface area contributed by atoms with Crippen molar-refractivity contribution in [2.75, 3.05) is 26.7 Å². The van der Waals surface area contributed by atoms with Crippen LogP contribution in [-0.2, 0) is 4.74 Å². The molecule has 3 aliphatic rings. The highest BCUT2D eigenvalue weighted by molar-refractivity contribution is 14.0. The Morgan fingerprint density at radius 1 is 1.22 bits per heavy atom. The quantitative estimate of drug-likeness (QED) is 0.392. The normalized spacial score (nSPS) is 29.4. The second-order valence-electron chi connectivity index (χ2n) is 8.43. The minimum atomic E-state index is 0. The SMILES string of the molecule is CN=C(NC1C2CCOC2C1(C)C)N1CCC(=Cc2ccccc2)CC1.I. The van der Waals surface area contributed by atoms with Gasteiger partial charge in [-0.2, -0.15) is 0 Å². The zero-order valence-corrected chi connectivity index (χ0v) is 19.0. The van der Waals surface area contributed by atoms with Crippen molar-refractivity contribution in [3.63, 3.8) is 0 Å². The van der Waals surface area contributed by atoms with Gasteiger partial charge in [-0.3, -0.25) is 4.99 Å². The molecule has 3 fully saturated rings. The van der Waals surface area contributed by atoms with Crippen LogP contribution in [0.5, 0.6) is 0 Å². The molecule has 4 rings (SSSR count). The molecule has 1 saturated carbocycles. The van der Waals surface area contributed by atoms with Gasteiger partial charge >= 0.3 is 0 Å². The number of ether oxygens (including phenoxy) is 1. The molecule has 1 N–H and O–H groups in total. The van der Waals surface area contributed by atoms with Crippen molar-refractivity contribution >= 4 is 36.0 Å². The van der Waals surface area contributed by atoms with E-state index in [0.29, 0.717) is 18.1 Å². The molecule has 4 nitrogen and oxygen atoms in total. The smallest absolute Gasteiger partial charge is 0.193 e. The number of nitrogens with zero attached hydrogens (tertiary/aromatic N) is 2. The van der Waals surface area contributed by atoms with Crippen LogP contribution in [0.2, 0.25) is 0 Å². The summed E-state index contributed by atoms with van der Waals surface area (Å²) in [4.78, 5) is 7.01. The molecular weight excluding hydrogens is 449 g/mol. The van der Waals surface area contributed by atoms with E-state index >= 15 is 0 Å². The number of fused-ring (bicyclic) bond motifs is 1. The second kappa shape index (κ2) is 8.52. The standard InChI is InChI=1S/C22H31N3O.HI/c1-22(2)19(18-11-14-26-20(18)22)24-21(23-3)25-12-9-17(10-13-25)15-16-7-5-4-6-8-16;/h4-8,15,18-20H,9-14H2,1-3H3,(H,23,24);1H. The van der Waals surface area contributed by atoms with Crippen LogP contribution in [0.15, 0.2) is 40.9 Å². The van der Waals surface area contributed by atoms with E-state index in [1.807, 2.05) is 7.05 Å². The Hall–Kier alpha value is -1.08. The Balaban J connectivity index is 0.00000210. The Morgan fingerprint density at radius 2 is 1.93 bits per heavy atom. The van der Waals surface area contributed by atoms with Gasteiger partial charge in [0.2, 0.25) is 0 Å². The number of aliphatic imine (C=N–C) groups is 1. The predicted molar refractivity (Wildman–Crippen MR) is 123 cm³/mol. The molecule has 0 radical (unpaired) electrons. The van der Waals surface area contributed by atoms with Gasteiger partial charge in [-0.05, 0) is 24.8 Å². The first kappa shape index (κ1) is 20.6. The van der Waals surface area contributed by atoms with E-state index in [2.05, 4.69) is 65.5 Å². The topological polar surface area (TPSA) is 36.9 Å². The molecule has 2 aliphatic heterocycles. The third kappa shape index (κ3) is 4.04. The van der Waals surface area contributed by atoms with E-state index in [4.69, 9.17) is 4.74 Å². The van der Waals surface area contributed by atoms with Crippen LogP contribution >= 0.6 is 24.0 Å². The van der Waals surface area contributed by atoms with E-state index in [1.165, 1.54) is 17.6 Å². The maximum Gasteiger partial charge on any atom is 0.193 e. The molecule has 0 bridgehead atoms. The Kier molecular flexibility index (Phi) is 6.51. The third-order valence-corrected chi connectivity index (χ3v) is 6.47. The lowest BCUT2D eigenvalue weighted by Crippen LogP contribution is -2.68. The van der Waals surface area contributed by atoms with Gasteiger partial charge in [0.05, 0.1) is 6.10 Å². The predicted octanol–water partition coefficient (Wildman–Crippen LogP) is 4.17. The van der Waals surface area contributed by atoms with E-state index in [9.17, 15) is 0 Å². The molecule has 1 aromatic rings. The van der Waals surface area contributed by atoms with Gasteiger partial charge in [0.15, 0.2) is 5.96 Å². The van der Waals surface area contributed by atoms with Gasteiger partial charge in [0.25, 0.3) is 0 Å². The van der Waals surface area contributed by atoms with Crippen molar-refractivity contribution in [2.45, 2.75) is 45.3 Å². The van der Waals surface area contributed by atoms with E-state index in [-0.39, 0.29) is 29.4 Å². The summed E-state index contributed by atoms with van der Waals surface area (Å²) < 4.78 is 5.93. The maximum atomic E-state index is 5.93. The average Bonchev–Trinajstić information content (AvgIpc) is 3.11. The monoisotopic (exact) mass is 481 g/mol. The minimum Gasteiger partial charge on any atom is -0.377 e. The number of rotatable bonds is 2. The molecule has 0 aromatic heterocycles. The Labute approximate surface area is 180 Å². The summed E-state index contributed by atoms with van der Waals surface area (Å²) in [6.45, 7) is 7.63. The lowest BCUT2D eigenvalue weighted by atomic mass is 9.57. The number of piperidine rings is 1. The molecule has 148 valence electrons. The molecule has 3 atom stereocenters. The third-order valence-electron chi connectivity index (χ3n) is 6.47. The van der Waals surface area contributed by atoms with Gasteiger partial charge in [-0.1, -0.05) is 55.8 Å². The molecule has 27 heavy (non-hydrogen) atoms. The Bertz CT molecular complexity index is 691. The summed E-state index contributed by atoms with van der Waals surface area (Å²) in [5, 5.41) is 3.78. The van der Waals surface area contributed by atoms with Gasteiger partial charge in [0, 0.05) is 44.1 Å². The highest BCUT2D eigenvalue weighted by Gasteiger charge is 2.59. The largest absolute Gasteiger partial charge is 0.377 e. The number of nitrogens with one attached hydrogen (secondary N) is 1. The number of hydrogen-bond acceptors (Lipinski definition) is 2. The van der Waals surface area contributed by atoms with Crippen LogP contribution in [0.3, 0.4) is 0 Å². The van der Waals surface area contributed by atoms with E-state index < -0.39 is 0 Å². The Morgan fingerprint density at radius 3 is 2.59 bits per heavy atom. The number of guanidine groups is 1. The van der Waals surface area contributed by atoms with Crippen LogP contribution in [0.25, 0.3) is 6.08 Å². The molecule has 0 spiro atoms. The van der Waals surface area contributed by atoms with Crippen LogP contribution in [0, 0.1) is 11.3 Å². The number of likely N-dealkylation sites (tertiary alicyclic amines) is 1. The highest BCUT2D eigenvalue weighted by atomic mass is 127. The summed E-state index contributed by atoms with van der Waals surface area (Å²) in [6, 6.07) is 11.1. The number of hydrogen-bond donors (Lipinski definition) is 1. The summed E-state index contributed by atoms with van der Waals surface area (Å²) in [6.07, 6.45) is 6.16. The second-order valence-corrected chi connectivity index (χ2v) is 8.43. The fourth-order valence-corrected chi connectivity index (χ4v) is 4.99. The van der Waals surface area contributed by atoms with E-state index in [1.54, 1.807) is 0 Å². The summed E-state index contributed by atoms with van der Waals surface area (Å²) in [5.74, 6) is 1.70. The molecule has 2 saturated heterocycles. The molecule has 2 heterocycles. The lowest BCUT2D eigenvalue weighted by molar-refractivity contribution is -0.107. The van der Waals surface area contributed by atoms with Gasteiger partial charge in [-0.25, -0.2) is 0 Å². The van der Waals surface area contributed by atoms with E-state index in [0.717, 1.165) is 38.5 Å². The van der Waals surface area contributed by atoms with Gasteiger partial charge in [0.1, 0.15) is 0 Å². The summed E-state index contributed by atoms with van der Waals surface area (Å²) >= 11 is 0. The van der Waals surface area contributed by atoms with Crippen LogP contribution in [0.1, 0.15) is 38.7 Å². The van der Waals surface area contributed by atoms with Crippen LogP contribution in [0.4, 0.5) is 0 Å². The maximum absolute atomic E-state index is 5.93. The van der Waals surface area contributed by atoms with Crippen molar-refractivity contribution in [3.05, 3.63) is 41.5 Å². The molecule has 5 heteroatoms. The zero-order valence-electron chi connectivity index (χ0n) is 16.6. The lowest BCUT2D eigenvalue weighted by Gasteiger charge is -2.55. The number of halogens is 1. The molecule has 0 amide bonds. The van der Waals surface area contributed by atoms with Crippen molar-refractivity contribution in [1.29, 1.82) is 0 Å². The van der Waals surface area contributed by atoms with Crippen molar-refractivity contribution in [1.82, 2.24) is 10.2 Å². The molecule has 1 aromatic carbocycles. The average molecular weight is 481 g/mol. The minimum absolute atomic E-state index is 0. The van der Waals surface area contributed by atoms with Gasteiger partial charge in [-0.15, -0.1) is 24.0 Å². The van der Waals surface area contributed by atoms with Crippen LogP contribution in [-0.4, -0.2) is 49.7 Å². The first-order chi connectivity index (χ1) is 12.6. The van der Waals surface area contributed by atoms with Gasteiger partial charge < -0.3 is 15.0 Å².